The fourth-order valence-electron chi connectivity index (χ4n) is 4.54. The molecule has 17 heteroatoms. The number of benzene rings is 1. The van der Waals surface area contributed by atoms with Crippen molar-refractivity contribution < 1.29 is 47.2 Å². The quantitative estimate of drug-likeness (QED) is 0.211. The highest BCUT2D eigenvalue weighted by molar-refractivity contribution is 7.52. The van der Waals surface area contributed by atoms with E-state index in [2.05, 4.69) is 20.0 Å². The molecule has 4 heterocycles. The highest BCUT2D eigenvalue weighted by atomic mass is 31.2. The summed E-state index contributed by atoms with van der Waals surface area (Å²) < 4.78 is 54.4. The normalized spacial score (nSPS) is 23.6. The van der Waals surface area contributed by atoms with Gasteiger partial charge in [0.2, 0.25) is 18.6 Å². The van der Waals surface area contributed by atoms with Crippen LogP contribution in [0.25, 0.3) is 11.2 Å². The Bertz CT molecular complexity index is 1500. The van der Waals surface area contributed by atoms with Crippen molar-refractivity contribution in [2.24, 2.45) is 5.92 Å². The van der Waals surface area contributed by atoms with Crippen LogP contribution in [0, 0.1) is 5.92 Å². The van der Waals surface area contributed by atoms with Crippen molar-refractivity contribution in [2.75, 3.05) is 26.2 Å². The topological polar surface area (TPSA) is 201 Å². The molecule has 0 radical (unpaired) electrons. The second kappa shape index (κ2) is 11.9. The van der Waals surface area contributed by atoms with Crippen molar-refractivity contribution >= 4 is 30.8 Å². The lowest BCUT2D eigenvalue weighted by atomic mass is 10.0. The zero-order chi connectivity index (χ0) is 30.2. The zero-order valence-corrected chi connectivity index (χ0v) is 24.5. The number of hydrogen-bond acceptors (Lipinski definition) is 14. The first-order chi connectivity index (χ1) is 20.0. The molecule has 228 valence electrons. The van der Waals surface area contributed by atoms with Crippen LogP contribution in [0.4, 0.5) is 5.95 Å². The molecule has 16 nitrogen and oxygen atoms in total. The number of aliphatic hydroxyl groups excluding tert-OH is 1. The Hall–Kier alpha value is -3.69. The van der Waals surface area contributed by atoms with Crippen LogP contribution in [0.1, 0.15) is 33.9 Å². The molecule has 1 fully saturated rings. The molecule has 5 rings (SSSR count). The molecular formula is C25H33N6O10P. The van der Waals surface area contributed by atoms with Crippen molar-refractivity contribution in [3.8, 4) is 23.1 Å². The number of anilines is 1. The summed E-state index contributed by atoms with van der Waals surface area (Å²) in [7, 11) is -2.83. The van der Waals surface area contributed by atoms with Gasteiger partial charge in [-0.15, -0.1) is 0 Å². The molecule has 0 saturated carbocycles. The first-order valence-corrected chi connectivity index (χ1v) is 14.7. The predicted octanol–water partition coefficient (Wildman–Crippen LogP) is 2.17. The summed E-state index contributed by atoms with van der Waals surface area (Å²) in [6.45, 7) is 6.30. The Labute approximate surface area is 241 Å². The average Bonchev–Trinajstić information content (AvgIpc) is 3.64. The van der Waals surface area contributed by atoms with Gasteiger partial charge in [-0.25, -0.2) is 9.55 Å². The molecule has 3 aromatic rings. The number of nitrogens with one attached hydrogen (secondary N) is 1. The molecule has 2 aliphatic heterocycles. The van der Waals surface area contributed by atoms with E-state index in [4.69, 9.17) is 38.5 Å². The van der Waals surface area contributed by atoms with Crippen LogP contribution in [0.15, 0.2) is 24.5 Å². The second-order valence-corrected chi connectivity index (χ2v) is 11.8. The van der Waals surface area contributed by atoms with Crippen molar-refractivity contribution in [3.05, 3.63) is 24.5 Å². The van der Waals surface area contributed by atoms with E-state index in [1.165, 1.54) is 32.5 Å². The summed E-state index contributed by atoms with van der Waals surface area (Å²) in [6, 6.07) is 3.54. The molecule has 0 aliphatic carbocycles. The van der Waals surface area contributed by atoms with Crippen LogP contribution in [-0.2, 0) is 23.4 Å². The maximum absolute atomic E-state index is 14.0. The lowest BCUT2D eigenvalue weighted by Gasteiger charge is -2.25. The molecule has 0 bridgehead atoms. The first kappa shape index (κ1) is 29.8. The van der Waals surface area contributed by atoms with Gasteiger partial charge in [0.1, 0.15) is 24.1 Å². The third-order valence-corrected chi connectivity index (χ3v) is 8.24. The molecule has 2 aliphatic rings. The number of imidazole rings is 1. The minimum absolute atomic E-state index is 0.0232. The van der Waals surface area contributed by atoms with Gasteiger partial charge < -0.3 is 39.0 Å². The number of aromatic nitrogens is 4. The molecule has 0 amide bonds. The second-order valence-electron chi connectivity index (χ2n) is 10.1. The number of esters is 1. The van der Waals surface area contributed by atoms with E-state index in [1.807, 2.05) is 0 Å². The molecule has 6 atom stereocenters. The van der Waals surface area contributed by atoms with Gasteiger partial charge in [-0.1, -0.05) is 6.92 Å². The fourth-order valence-corrected chi connectivity index (χ4v) is 6.03. The highest BCUT2D eigenvalue weighted by Gasteiger charge is 2.44. The summed E-state index contributed by atoms with van der Waals surface area (Å²) in [5, 5.41) is 13.7. The lowest BCUT2D eigenvalue weighted by molar-refractivity contribution is -0.149. The smallest absolute Gasteiger partial charge is 0.459 e. The molecule has 1 saturated heterocycles. The van der Waals surface area contributed by atoms with Crippen LogP contribution < -0.4 is 29.6 Å². The molecule has 1 aromatic carbocycles. The van der Waals surface area contributed by atoms with Gasteiger partial charge in [-0.05, 0) is 32.9 Å². The van der Waals surface area contributed by atoms with Gasteiger partial charge in [-0.2, -0.15) is 15.1 Å². The highest BCUT2D eigenvalue weighted by Crippen LogP contribution is 2.48. The summed E-state index contributed by atoms with van der Waals surface area (Å²) >= 11 is 0. The number of carbonyl (C=O) groups is 1. The van der Waals surface area contributed by atoms with Gasteiger partial charge in [0.25, 0.3) is 0 Å². The van der Waals surface area contributed by atoms with Crippen LogP contribution in [0.5, 0.6) is 23.1 Å². The Morgan fingerprint density at radius 3 is 2.76 bits per heavy atom. The molecule has 2 aromatic heterocycles. The minimum atomic E-state index is -4.27. The zero-order valence-electron chi connectivity index (χ0n) is 23.6. The van der Waals surface area contributed by atoms with E-state index in [-0.39, 0.29) is 31.0 Å². The lowest BCUT2D eigenvalue weighted by Crippen LogP contribution is -2.37. The van der Waals surface area contributed by atoms with Crippen LogP contribution in [-0.4, -0.2) is 75.5 Å². The molecule has 1 unspecified atom stereocenters. The van der Waals surface area contributed by atoms with Crippen molar-refractivity contribution in [1.82, 2.24) is 24.6 Å². The molecule has 0 spiro atoms. The summed E-state index contributed by atoms with van der Waals surface area (Å²) in [5.41, 5.74) is 6.55. The summed E-state index contributed by atoms with van der Waals surface area (Å²) in [4.78, 5) is 25.1. The van der Waals surface area contributed by atoms with Gasteiger partial charge in [0.15, 0.2) is 22.7 Å². The predicted molar refractivity (Wildman–Crippen MR) is 146 cm³/mol. The van der Waals surface area contributed by atoms with Crippen molar-refractivity contribution in [3.63, 3.8) is 0 Å². The number of rotatable bonds is 11. The fraction of sp³-hybridized carbons (Fsp3) is 0.520. The number of nitrogen functional groups attached to an aromatic ring is 1. The number of carbonyl (C=O) groups excluding carboxylic acids is 1. The van der Waals surface area contributed by atoms with Crippen LogP contribution in [0.2, 0.25) is 0 Å². The van der Waals surface area contributed by atoms with E-state index in [0.29, 0.717) is 22.7 Å². The number of ether oxygens (including phenoxy) is 5. The number of nitrogens with two attached hydrogens (primary N) is 1. The standard InChI is InChI=1S/C25H33N6O10P/c1-12(2)39-24(33)14(4)30-42(34,41-15-6-7-16-17(8-15)37-11-36-16)38-9-18-20(32)13(3)23(40-18)31-10-27-19-21(31)28-25(26)29-22(19)35-5/h6-8,10,12-14,18,20,23,32H,9,11H2,1-5H3,(H,30,34)(H2,26,28,29)/t13-,14+,18-,20+,23-,42?/m1/s1. The number of fused-ring (bicyclic) bond motifs is 2. The molecule has 4 N–H and O–H groups in total. The van der Waals surface area contributed by atoms with E-state index in [9.17, 15) is 14.5 Å². The molecular weight excluding hydrogens is 575 g/mol. The van der Waals surface area contributed by atoms with E-state index < -0.39 is 50.2 Å². The van der Waals surface area contributed by atoms with Crippen LogP contribution >= 0.6 is 7.75 Å². The Morgan fingerprint density at radius 2 is 2.02 bits per heavy atom. The summed E-state index contributed by atoms with van der Waals surface area (Å²) in [5.74, 6) is 0.0722. The van der Waals surface area contributed by atoms with Gasteiger partial charge in [0, 0.05) is 12.0 Å². The number of nitrogens with zero attached hydrogens (tertiary/aromatic N) is 4. The van der Waals surface area contributed by atoms with Crippen molar-refractivity contribution in [2.45, 2.75) is 58.3 Å². The van der Waals surface area contributed by atoms with E-state index in [0.717, 1.165) is 0 Å². The number of hydrogen-bond donors (Lipinski definition) is 3. The van der Waals surface area contributed by atoms with E-state index >= 15 is 0 Å². The number of methoxy groups -OCH3 is 1. The molecule has 42 heavy (non-hydrogen) atoms. The number of aliphatic hydroxyl groups is 1. The Balaban J connectivity index is 1.35. The average molecular weight is 609 g/mol. The first-order valence-electron chi connectivity index (χ1n) is 13.2. The third kappa shape index (κ3) is 6.08. The maximum atomic E-state index is 14.0. The van der Waals surface area contributed by atoms with Crippen molar-refractivity contribution in [1.29, 1.82) is 0 Å². The van der Waals surface area contributed by atoms with Gasteiger partial charge >= 0.3 is 13.7 Å². The van der Waals surface area contributed by atoms with Gasteiger partial charge in [0.05, 0.1) is 32.3 Å². The largest absolute Gasteiger partial charge is 0.479 e. The SMILES string of the molecule is COc1nc(N)nc2c1ncn2[C@@H]1O[C@H](COP(=O)(N[C@@H](C)C(=O)OC(C)C)Oc2ccc3c(c2)OCO3)[C@@H](O)[C@H]1C. The maximum Gasteiger partial charge on any atom is 0.459 e. The summed E-state index contributed by atoms with van der Waals surface area (Å²) in [6.07, 6.45) is -1.64. The third-order valence-electron chi connectivity index (χ3n) is 6.59. The van der Waals surface area contributed by atoms with Crippen LogP contribution in [0.3, 0.4) is 0 Å². The monoisotopic (exact) mass is 608 g/mol. The van der Waals surface area contributed by atoms with E-state index in [1.54, 1.807) is 31.4 Å². The Kier molecular flexibility index (Phi) is 8.44. The minimum Gasteiger partial charge on any atom is -0.479 e. The van der Waals surface area contributed by atoms with Gasteiger partial charge in [-0.3, -0.25) is 13.9 Å². The Morgan fingerprint density at radius 1 is 1.26 bits per heavy atom.